The van der Waals surface area contributed by atoms with Crippen LogP contribution in [0.25, 0.3) is 0 Å². The standard InChI is InChI=1S/C16H13N3.BrH/c1-11-6-8-12(9-7-11)19-15(10-17)13-4-2-3-5-14(13)16(19)18;/h2-9,15,18H,1H3;1H. The first-order valence-electron chi connectivity index (χ1n) is 6.16. The molecule has 1 unspecified atom stereocenters. The van der Waals surface area contributed by atoms with Crippen molar-refractivity contribution in [2.24, 2.45) is 0 Å². The van der Waals surface area contributed by atoms with Crippen LogP contribution in [0, 0.1) is 23.7 Å². The van der Waals surface area contributed by atoms with Crippen molar-refractivity contribution in [1.82, 2.24) is 0 Å². The lowest BCUT2D eigenvalue weighted by atomic mass is 10.1. The Morgan fingerprint density at radius 2 is 1.75 bits per heavy atom. The zero-order valence-electron chi connectivity index (χ0n) is 11.0. The number of halogens is 1. The molecule has 0 amide bonds. The third-order valence-electron chi connectivity index (χ3n) is 3.44. The summed E-state index contributed by atoms with van der Waals surface area (Å²) in [5.41, 5.74) is 3.81. The lowest BCUT2D eigenvalue weighted by Gasteiger charge is -2.22. The molecule has 1 aliphatic rings. The third kappa shape index (κ3) is 2.10. The largest absolute Gasteiger partial charge is 0.306 e. The zero-order chi connectivity index (χ0) is 13.4. The molecule has 1 N–H and O–H groups in total. The fraction of sp³-hybridized carbons (Fsp3) is 0.125. The van der Waals surface area contributed by atoms with Gasteiger partial charge in [-0.1, -0.05) is 42.0 Å². The molecule has 0 aliphatic carbocycles. The fourth-order valence-corrected chi connectivity index (χ4v) is 2.46. The quantitative estimate of drug-likeness (QED) is 0.861. The molecular formula is C16H14BrN3. The molecule has 2 aromatic carbocycles. The first kappa shape index (κ1) is 14.3. The second kappa shape index (κ2) is 5.48. The number of nitrogens with zero attached hydrogens (tertiary/aromatic N) is 2. The minimum absolute atomic E-state index is 0. The van der Waals surface area contributed by atoms with Gasteiger partial charge in [-0.2, -0.15) is 5.26 Å². The van der Waals surface area contributed by atoms with Gasteiger partial charge in [0.05, 0.1) is 6.07 Å². The van der Waals surface area contributed by atoms with Crippen molar-refractivity contribution in [2.75, 3.05) is 4.90 Å². The van der Waals surface area contributed by atoms with Crippen molar-refractivity contribution in [3.8, 4) is 6.07 Å². The van der Waals surface area contributed by atoms with E-state index in [0.29, 0.717) is 5.84 Å². The Morgan fingerprint density at radius 1 is 1.10 bits per heavy atom. The average Bonchev–Trinajstić information content (AvgIpc) is 2.73. The van der Waals surface area contributed by atoms with E-state index >= 15 is 0 Å². The second-order valence-electron chi connectivity index (χ2n) is 4.67. The average molecular weight is 328 g/mol. The topological polar surface area (TPSA) is 50.9 Å². The highest BCUT2D eigenvalue weighted by Gasteiger charge is 2.34. The number of benzene rings is 2. The number of aryl methyl sites for hydroxylation is 1. The molecule has 2 aromatic rings. The first-order chi connectivity index (χ1) is 9.22. The lowest BCUT2D eigenvalue weighted by Crippen LogP contribution is -2.26. The van der Waals surface area contributed by atoms with Crippen LogP contribution in [0.2, 0.25) is 0 Å². The molecule has 0 saturated carbocycles. The van der Waals surface area contributed by atoms with Crippen LogP contribution in [0.15, 0.2) is 48.5 Å². The molecule has 0 aromatic heterocycles. The van der Waals surface area contributed by atoms with E-state index in [1.54, 1.807) is 4.90 Å². The minimum Gasteiger partial charge on any atom is -0.306 e. The molecule has 1 aliphatic heterocycles. The SMILES string of the molecule is Br.Cc1ccc(N2C(=N)c3ccccc3C2C#N)cc1. The summed E-state index contributed by atoms with van der Waals surface area (Å²) in [6.45, 7) is 2.02. The van der Waals surface area contributed by atoms with Crippen LogP contribution in [-0.4, -0.2) is 5.84 Å². The summed E-state index contributed by atoms with van der Waals surface area (Å²) < 4.78 is 0. The van der Waals surface area contributed by atoms with Crippen LogP contribution in [0.4, 0.5) is 5.69 Å². The van der Waals surface area contributed by atoms with Gasteiger partial charge in [0, 0.05) is 16.8 Å². The van der Waals surface area contributed by atoms with E-state index in [1.165, 1.54) is 5.56 Å². The molecular weight excluding hydrogens is 314 g/mol. The molecule has 0 fully saturated rings. The Kier molecular flexibility index (Phi) is 3.91. The zero-order valence-corrected chi connectivity index (χ0v) is 12.7. The number of hydrogen-bond acceptors (Lipinski definition) is 2. The van der Waals surface area contributed by atoms with Gasteiger partial charge in [-0.25, -0.2) is 0 Å². The third-order valence-corrected chi connectivity index (χ3v) is 3.44. The predicted molar refractivity (Wildman–Crippen MR) is 85.6 cm³/mol. The van der Waals surface area contributed by atoms with Gasteiger partial charge < -0.3 is 4.90 Å². The summed E-state index contributed by atoms with van der Waals surface area (Å²) in [5.74, 6) is 0.394. The first-order valence-corrected chi connectivity index (χ1v) is 6.16. The van der Waals surface area contributed by atoms with Crippen LogP contribution >= 0.6 is 17.0 Å². The highest BCUT2D eigenvalue weighted by Crippen LogP contribution is 2.36. The van der Waals surface area contributed by atoms with Crippen LogP contribution in [0.3, 0.4) is 0 Å². The molecule has 0 spiro atoms. The van der Waals surface area contributed by atoms with Gasteiger partial charge in [-0.15, -0.1) is 17.0 Å². The summed E-state index contributed by atoms with van der Waals surface area (Å²) in [7, 11) is 0. The summed E-state index contributed by atoms with van der Waals surface area (Å²) in [6.07, 6.45) is 0. The molecule has 100 valence electrons. The van der Waals surface area contributed by atoms with Gasteiger partial charge >= 0.3 is 0 Å². The Balaban J connectivity index is 0.00000147. The Hall–Kier alpha value is -2.12. The molecule has 20 heavy (non-hydrogen) atoms. The van der Waals surface area contributed by atoms with E-state index in [0.717, 1.165) is 16.8 Å². The Morgan fingerprint density at radius 3 is 2.40 bits per heavy atom. The highest BCUT2D eigenvalue weighted by atomic mass is 79.9. The van der Waals surface area contributed by atoms with E-state index in [-0.39, 0.29) is 17.0 Å². The second-order valence-corrected chi connectivity index (χ2v) is 4.67. The number of fused-ring (bicyclic) bond motifs is 1. The van der Waals surface area contributed by atoms with Gasteiger partial charge in [0.25, 0.3) is 0 Å². The van der Waals surface area contributed by atoms with Gasteiger partial charge in [-0.05, 0) is 19.1 Å². The Labute approximate surface area is 128 Å². The van der Waals surface area contributed by atoms with E-state index in [1.807, 2.05) is 55.5 Å². The van der Waals surface area contributed by atoms with Crippen LogP contribution < -0.4 is 4.90 Å². The maximum absolute atomic E-state index is 9.43. The summed E-state index contributed by atoms with van der Waals surface area (Å²) in [5, 5.41) is 17.7. The number of rotatable bonds is 1. The van der Waals surface area contributed by atoms with E-state index in [4.69, 9.17) is 5.41 Å². The normalized spacial score (nSPS) is 16.3. The highest BCUT2D eigenvalue weighted by molar-refractivity contribution is 8.93. The van der Waals surface area contributed by atoms with Crippen LogP contribution in [0.1, 0.15) is 22.7 Å². The summed E-state index contributed by atoms with van der Waals surface area (Å²) >= 11 is 0. The van der Waals surface area contributed by atoms with Gasteiger partial charge in [-0.3, -0.25) is 5.41 Å². The monoisotopic (exact) mass is 327 g/mol. The molecule has 0 radical (unpaired) electrons. The minimum atomic E-state index is -0.411. The molecule has 1 heterocycles. The number of nitriles is 1. The van der Waals surface area contributed by atoms with Gasteiger partial charge in [0.2, 0.25) is 0 Å². The number of amidine groups is 1. The van der Waals surface area contributed by atoms with Gasteiger partial charge in [0.15, 0.2) is 0 Å². The number of anilines is 1. The number of nitrogens with one attached hydrogen (secondary N) is 1. The van der Waals surface area contributed by atoms with Crippen molar-refractivity contribution in [3.63, 3.8) is 0 Å². The maximum atomic E-state index is 9.43. The molecule has 0 saturated heterocycles. The molecule has 3 nitrogen and oxygen atoms in total. The van der Waals surface area contributed by atoms with E-state index in [2.05, 4.69) is 6.07 Å². The predicted octanol–water partition coefficient (Wildman–Crippen LogP) is 3.98. The van der Waals surface area contributed by atoms with Gasteiger partial charge in [0.1, 0.15) is 11.9 Å². The van der Waals surface area contributed by atoms with Crippen molar-refractivity contribution in [3.05, 3.63) is 65.2 Å². The smallest absolute Gasteiger partial charge is 0.148 e. The van der Waals surface area contributed by atoms with Crippen molar-refractivity contribution >= 4 is 28.5 Å². The fourth-order valence-electron chi connectivity index (χ4n) is 2.46. The molecule has 4 heteroatoms. The van der Waals surface area contributed by atoms with Crippen molar-refractivity contribution in [2.45, 2.75) is 13.0 Å². The number of hydrogen-bond donors (Lipinski definition) is 1. The van der Waals surface area contributed by atoms with E-state index in [9.17, 15) is 5.26 Å². The molecule has 1 atom stereocenters. The maximum Gasteiger partial charge on any atom is 0.148 e. The Bertz CT molecular complexity index is 686. The lowest BCUT2D eigenvalue weighted by molar-refractivity contribution is 0.919. The molecule has 0 bridgehead atoms. The molecule has 3 rings (SSSR count). The van der Waals surface area contributed by atoms with Crippen LogP contribution in [-0.2, 0) is 0 Å². The van der Waals surface area contributed by atoms with E-state index < -0.39 is 6.04 Å². The van der Waals surface area contributed by atoms with Crippen LogP contribution in [0.5, 0.6) is 0 Å². The van der Waals surface area contributed by atoms with Crippen molar-refractivity contribution in [1.29, 1.82) is 10.7 Å². The van der Waals surface area contributed by atoms with Crippen molar-refractivity contribution < 1.29 is 0 Å². The summed E-state index contributed by atoms with van der Waals surface area (Å²) in [6, 6.07) is 17.4. The summed E-state index contributed by atoms with van der Waals surface area (Å²) in [4.78, 5) is 1.78.